The molecule has 10 heteroatoms. The van der Waals surface area contributed by atoms with Gasteiger partial charge in [-0.3, -0.25) is 10.2 Å². The molecular weight excluding hydrogens is 442 g/mol. The molecule has 5 N–H and O–H groups in total. The number of likely N-dealkylation sites (N-methyl/N-ethyl adjacent to an activating group) is 1. The number of rotatable bonds is 7. The molecule has 9 nitrogen and oxygen atoms in total. The number of hydrogen-bond donors (Lipinski definition) is 5. The topological polar surface area (TPSA) is 111 Å². The Kier molecular flexibility index (Phi) is 7.24. The van der Waals surface area contributed by atoms with Gasteiger partial charge in [0.05, 0.1) is 51.6 Å². The second-order valence-corrected chi connectivity index (χ2v) is 8.78. The molecule has 1 atom stereocenters. The molecule has 4 rings (SSSR count). The predicted octanol–water partition coefficient (Wildman–Crippen LogP) is 1.05. The van der Waals surface area contributed by atoms with Crippen LogP contribution in [-0.2, 0) is 0 Å². The van der Waals surface area contributed by atoms with Crippen LogP contribution in [-0.4, -0.2) is 70.8 Å². The monoisotopic (exact) mass is 470 g/mol. The van der Waals surface area contributed by atoms with Crippen molar-refractivity contribution in [3.05, 3.63) is 64.6 Å². The van der Waals surface area contributed by atoms with Crippen LogP contribution in [0.15, 0.2) is 42.7 Å². The number of hydrazine groups is 1. The van der Waals surface area contributed by atoms with Gasteiger partial charge in [-0.2, -0.15) is 0 Å². The zero-order valence-corrected chi connectivity index (χ0v) is 19.5. The lowest BCUT2D eigenvalue weighted by atomic mass is 10.1. The Labute approximate surface area is 197 Å². The number of carbonyl (C=O) groups excluding carboxylic acids is 1. The average molecular weight is 471 g/mol. The third-order valence-electron chi connectivity index (χ3n) is 5.79. The summed E-state index contributed by atoms with van der Waals surface area (Å²) in [5, 5.41) is 15.3. The number of H-pyrrole nitrogens is 1. The number of nitrogens with zero attached hydrogens (tertiary/aromatic N) is 3. The molecule has 0 radical (unpaired) electrons. The van der Waals surface area contributed by atoms with E-state index < -0.39 is 6.04 Å². The second kappa shape index (κ2) is 10.3. The maximum absolute atomic E-state index is 12.8. The number of aliphatic hydroxyl groups excluding tert-OH is 1. The van der Waals surface area contributed by atoms with E-state index in [9.17, 15) is 9.90 Å². The highest BCUT2D eigenvalue weighted by Gasteiger charge is 2.20. The van der Waals surface area contributed by atoms with Crippen molar-refractivity contribution >= 4 is 23.5 Å². The minimum atomic E-state index is -0.565. The van der Waals surface area contributed by atoms with E-state index in [-0.39, 0.29) is 12.5 Å². The summed E-state index contributed by atoms with van der Waals surface area (Å²) >= 11 is 6.04. The molecule has 3 aromatic rings. The fraction of sp³-hybridized carbons (Fsp3) is 0.348. The van der Waals surface area contributed by atoms with Crippen LogP contribution in [0, 0.1) is 6.92 Å². The number of piperazine rings is 1. The third kappa shape index (κ3) is 5.69. The standard InChI is InChI=1S/C23H28ClN7O2/c1-15-12-26-23(29-31-8-6-30(2)7-9-31)28-21(15)17-11-19(25-13-17)22(33)27-20(14-32)16-4-3-5-18(24)10-16/h3-5,10-13,20,25,32H,6-9,14H2,1-2H3,(H,27,33)(H,26,28,29)/p+1/t20-/m1/s1. The molecule has 1 aliphatic heterocycles. The van der Waals surface area contributed by atoms with E-state index in [4.69, 9.17) is 11.6 Å². The minimum Gasteiger partial charge on any atom is -0.394 e. The first kappa shape index (κ1) is 23.2. The van der Waals surface area contributed by atoms with Gasteiger partial charge in [0.2, 0.25) is 5.95 Å². The highest BCUT2D eigenvalue weighted by molar-refractivity contribution is 6.30. The summed E-state index contributed by atoms with van der Waals surface area (Å²) in [6.45, 7) is 5.66. The maximum Gasteiger partial charge on any atom is 0.268 e. The molecule has 1 aromatic carbocycles. The molecule has 2 aromatic heterocycles. The van der Waals surface area contributed by atoms with Crippen LogP contribution in [0.25, 0.3) is 11.3 Å². The molecule has 0 bridgehead atoms. The number of quaternary nitrogens is 1. The summed E-state index contributed by atoms with van der Waals surface area (Å²) in [5.41, 5.74) is 6.84. The Morgan fingerprint density at radius 1 is 1.33 bits per heavy atom. The van der Waals surface area contributed by atoms with E-state index in [2.05, 4.69) is 37.8 Å². The van der Waals surface area contributed by atoms with Crippen LogP contribution in [0.4, 0.5) is 5.95 Å². The van der Waals surface area contributed by atoms with Gasteiger partial charge in [0.25, 0.3) is 5.91 Å². The molecule has 1 fully saturated rings. The Morgan fingerprint density at radius 2 is 2.12 bits per heavy atom. The van der Waals surface area contributed by atoms with E-state index in [0.717, 1.165) is 48.6 Å². The predicted molar refractivity (Wildman–Crippen MR) is 127 cm³/mol. The van der Waals surface area contributed by atoms with Gasteiger partial charge in [0, 0.05) is 23.0 Å². The van der Waals surface area contributed by atoms with Crippen molar-refractivity contribution in [1.29, 1.82) is 0 Å². The number of aromatic nitrogens is 3. The number of benzene rings is 1. The Balaban J connectivity index is 1.47. The summed E-state index contributed by atoms with van der Waals surface area (Å²) in [4.78, 5) is 26.4. The number of halogens is 1. The van der Waals surface area contributed by atoms with E-state index in [1.54, 1.807) is 36.7 Å². The highest BCUT2D eigenvalue weighted by atomic mass is 35.5. The van der Waals surface area contributed by atoms with Crippen molar-refractivity contribution in [2.24, 2.45) is 0 Å². The largest absolute Gasteiger partial charge is 0.394 e. The van der Waals surface area contributed by atoms with E-state index >= 15 is 0 Å². The Morgan fingerprint density at radius 3 is 2.85 bits per heavy atom. The zero-order valence-electron chi connectivity index (χ0n) is 18.7. The fourth-order valence-electron chi connectivity index (χ4n) is 3.79. The van der Waals surface area contributed by atoms with Gasteiger partial charge in [0.15, 0.2) is 0 Å². The molecule has 3 heterocycles. The van der Waals surface area contributed by atoms with Crippen molar-refractivity contribution in [3.63, 3.8) is 0 Å². The highest BCUT2D eigenvalue weighted by Crippen LogP contribution is 2.24. The second-order valence-electron chi connectivity index (χ2n) is 8.35. The van der Waals surface area contributed by atoms with Crippen LogP contribution >= 0.6 is 11.6 Å². The lowest BCUT2D eigenvalue weighted by Gasteiger charge is -2.30. The number of aryl methyl sites for hydroxylation is 1. The molecule has 1 saturated heterocycles. The fourth-order valence-corrected chi connectivity index (χ4v) is 3.98. The Bertz CT molecular complexity index is 1110. The van der Waals surface area contributed by atoms with Gasteiger partial charge in [-0.1, -0.05) is 23.7 Å². The summed E-state index contributed by atoms with van der Waals surface area (Å²) in [5.74, 6) is 0.203. The first-order chi connectivity index (χ1) is 15.9. The smallest absolute Gasteiger partial charge is 0.268 e. The van der Waals surface area contributed by atoms with Crippen LogP contribution in [0.5, 0.6) is 0 Å². The quantitative estimate of drug-likeness (QED) is 0.353. The van der Waals surface area contributed by atoms with Crippen LogP contribution in [0.2, 0.25) is 5.02 Å². The number of aromatic amines is 1. The molecule has 0 aliphatic carbocycles. The number of amides is 1. The normalized spacial score (nSPS) is 15.9. The van der Waals surface area contributed by atoms with Gasteiger partial charge in [0.1, 0.15) is 5.69 Å². The molecule has 0 spiro atoms. The number of carbonyl (C=O) groups is 1. The number of nitrogens with one attached hydrogen (secondary N) is 4. The van der Waals surface area contributed by atoms with Crippen molar-refractivity contribution in [2.75, 3.05) is 45.3 Å². The summed E-state index contributed by atoms with van der Waals surface area (Å²) in [6, 6.07) is 8.25. The molecule has 0 saturated carbocycles. The number of anilines is 1. The minimum absolute atomic E-state index is 0.243. The number of aliphatic hydroxyl groups is 1. The Hall–Kier alpha value is -2.98. The van der Waals surface area contributed by atoms with Crippen molar-refractivity contribution < 1.29 is 14.8 Å². The number of hydrogen-bond acceptors (Lipinski definition) is 6. The molecule has 1 aliphatic rings. The van der Waals surface area contributed by atoms with E-state index in [1.165, 1.54) is 4.90 Å². The molecule has 33 heavy (non-hydrogen) atoms. The van der Waals surface area contributed by atoms with Gasteiger partial charge >= 0.3 is 0 Å². The summed E-state index contributed by atoms with van der Waals surface area (Å²) in [6.07, 6.45) is 3.53. The SMILES string of the molecule is Cc1cnc(NN2CC[NH+](C)CC2)nc1-c1c[nH]c(C(=O)N[C@H](CO)c2cccc(Cl)c2)c1. The maximum atomic E-state index is 12.8. The van der Waals surface area contributed by atoms with Crippen molar-refractivity contribution in [1.82, 2.24) is 25.3 Å². The first-order valence-corrected chi connectivity index (χ1v) is 11.3. The molecular formula is C23H29ClN7O2+. The lowest BCUT2D eigenvalue weighted by Crippen LogP contribution is -3.12. The van der Waals surface area contributed by atoms with E-state index in [0.29, 0.717) is 16.7 Å². The van der Waals surface area contributed by atoms with Gasteiger partial charge < -0.3 is 20.3 Å². The van der Waals surface area contributed by atoms with Crippen LogP contribution < -0.4 is 15.6 Å². The lowest BCUT2D eigenvalue weighted by molar-refractivity contribution is -0.884. The van der Waals surface area contributed by atoms with Gasteiger partial charge in [-0.15, -0.1) is 0 Å². The third-order valence-corrected chi connectivity index (χ3v) is 6.02. The molecule has 1 amide bonds. The van der Waals surface area contributed by atoms with Gasteiger partial charge in [-0.25, -0.2) is 15.0 Å². The molecule has 174 valence electrons. The van der Waals surface area contributed by atoms with Crippen LogP contribution in [0.3, 0.4) is 0 Å². The van der Waals surface area contributed by atoms with E-state index in [1.807, 2.05) is 13.0 Å². The average Bonchev–Trinajstić information content (AvgIpc) is 3.30. The molecule has 0 unspecified atom stereocenters. The first-order valence-electron chi connectivity index (χ1n) is 11.0. The summed E-state index contributed by atoms with van der Waals surface area (Å²) < 4.78 is 0. The zero-order chi connectivity index (χ0) is 23.4. The van der Waals surface area contributed by atoms with Gasteiger partial charge in [-0.05, 0) is 36.2 Å². The summed E-state index contributed by atoms with van der Waals surface area (Å²) in [7, 11) is 2.19. The van der Waals surface area contributed by atoms with Crippen molar-refractivity contribution in [3.8, 4) is 11.3 Å². The van der Waals surface area contributed by atoms with Crippen molar-refractivity contribution in [2.45, 2.75) is 13.0 Å². The van der Waals surface area contributed by atoms with Crippen LogP contribution in [0.1, 0.15) is 27.7 Å².